The summed E-state index contributed by atoms with van der Waals surface area (Å²) in [6.07, 6.45) is 0. The van der Waals surface area contributed by atoms with Crippen molar-refractivity contribution in [2.75, 3.05) is 31.1 Å². The number of hydrogen-bond acceptors (Lipinski definition) is 4. The maximum absolute atomic E-state index is 13.2. The van der Waals surface area contributed by atoms with E-state index in [2.05, 4.69) is 11.0 Å². The molecule has 168 valence electrons. The zero-order chi connectivity index (χ0) is 22.6. The van der Waals surface area contributed by atoms with Crippen molar-refractivity contribution in [3.63, 3.8) is 0 Å². The lowest BCUT2D eigenvalue weighted by Gasteiger charge is -2.36. The largest absolute Gasteiger partial charge is 0.486 e. The van der Waals surface area contributed by atoms with Gasteiger partial charge in [0, 0.05) is 36.9 Å². The van der Waals surface area contributed by atoms with Crippen molar-refractivity contribution in [3.05, 3.63) is 89.7 Å². The van der Waals surface area contributed by atoms with E-state index in [4.69, 9.17) is 21.3 Å². The molecule has 0 atom stereocenters. The Bertz CT molecular complexity index is 1250. The number of rotatable bonds is 6. The number of aromatic nitrogens is 2. The molecule has 1 saturated heterocycles. The van der Waals surface area contributed by atoms with Crippen molar-refractivity contribution in [3.8, 4) is 5.75 Å². The number of piperazine rings is 1. The molecule has 0 spiro atoms. The van der Waals surface area contributed by atoms with Crippen molar-refractivity contribution < 1.29 is 9.53 Å². The minimum Gasteiger partial charge on any atom is -0.486 e. The van der Waals surface area contributed by atoms with Gasteiger partial charge in [0.2, 0.25) is 5.91 Å². The maximum atomic E-state index is 13.2. The van der Waals surface area contributed by atoms with Crippen molar-refractivity contribution in [2.24, 2.45) is 0 Å². The van der Waals surface area contributed by atoms with Gasteiger partial charge >= 0.3 is 0 Å². The molecule has 1 fully saturated rings. The quantitative estimate of drug-likeness (QED) is 0.421. The molecule has 0 unspecified atom stereocenters. The number of para-hydroxylation sites is 3. The lowest BCUT2D eigenvalue weighted by molar-refractivity contribution is -0.132. The molecule has 3 aromatic carbocycles. The Balaban J connectivity index is 1.29. The van der Waals surface area contributed by atoms with Gasteiger partial charge in [-0.15, -0.1) is 0 Å². The predicted octanol–water partition coefficient (Wildman–Crippen LogP) is 4.62. The zero-order valence-corrected chi connectivity index (χ0v) is 19.0. The third-order valence-corrected chi connectivity index (χ3v) is 6.18. The number of amides is 1. The van der Waals surface area contributed by atoms with Crippen LogP contribution in [0.5, 0.6) is 5.75 Å². The lowest BCUT2D eigenvalue weighted by Crippen LogP contribution is -2.49. The van der Waals surface area contributed by atoms with Crippen molar-refractivity contribution in [2.45, 2.75) is 13.2 Å². The highest BCUT2D eigenvalue weighted by molar-refractivity contribution is 6.30. The molecule has 0 radical (unpaired) electrons. The van der Waals surface area contributed by atoms with Crippen LogP contribution in [0.3, 0.4) is 0 Å². The molecule has 0 N–H and O–H groups in total. The predicted molar refractivity (Wildman–Crippen MR) is 131 cm³/mol. The molecule has 33 heavy (non-hydrogen) atoms. The molecule has 0 saturated carbocycles. The van der Waals surface area contributed by atoms with Crippen LogP contribution in [0.1, 0.15) is 5.82 Å². The topological polar surface area (TPSA) is 50.6 Å². The highest BCUT2D eigenvalue weighted by Crippen LogP contribution is 2.22. The van der Waals surface area contributed by atoms with E-state index in [9.17, 15) is 4.79 Å². The van der Waals surface area contributed by atoms with Gasteiger partial charge in [0.25, 0.3) is 0 Å². The Hall–Kier alpha value is -3.51. The molecule has 1 aliphatic rings. The fraction of sp³-hybridized carbons (Fsp3) is 0.231. The van der Waals surface area contributed by atoms with E-state index >= 15 is 0 Å². The van der Waals surface area contributed by atoms with E-state index in [1.54, 1.807) is 0 Å². The Morgan fingerprint density at radius 2 is 1.67 bits per heavy atom. The minimum absolute atomic E-state index is 0.0878. The van der Waals surface area contributed by atoms with Crippen LogP contribution in [0, 0.1) is 0 Å². The third-order valence-electron chi connectivity index (χ3n) is 5.94. The second kappa shape index (κ2) is 9.55. The third kappa shape index (κ3) is 4.81. The summed E-state index contributed by atoms with van der Waals surface area (Å²) in [5, 5.41) is 0.725. The summed E-state index contributed by atoms with van der Waals surface area (Å²) in [4.78, 5) is 22.2. The first kappa shape index (κ1) is 21.3. The number of carbonyl (C=O) groups excluding carboxylic acids is 1. The average molecular weight is 461 g/mol. The summed E-state index contributed by atoms with van der Waals surface area (Å²) in [7, 11) is 0. The summed E-state index contributed by atoms with van der Waals surface area (Å²) < 4.78 is 7.91. The number of halogens is 1. The molecule has 1 amide bonds. The number of fused-ring (bicyclic) bond motifs is 1. The van der Waals surface area contributed by atoms with Crippen LogP contribution in [0.2, 0.25) is 5.02 Å². The number of nitrogens with zero attached hydrogens (tertiary/aromatic N) is 4. The van der Waals surface area contributed by atoms with Gasteiger partial charge in [-0.1, -0.05) is 48.0 Å². The molecule has 1 aliphatic heterocycles. The molecular formula is C26H25ClN4O2. The van der Waals surface area contributed by atoms with Crippen LogP contribution in [0.4, 0.5) is 5.69 Å². The molecule has 5 rings (SSSR count). The van der Waals surface area contributed by atoms with Crippen molar-refractivity contribution >= 4 is 34.2 Å². The average Bonchev–Trinajstić information content (AvgIpc) is 3.20. The normalized spacial score (nSPS) is 14.0. The Morgan fingerprint density at radius 1 is 0.909 bits per heavy atom. The van der Waals surface area contributed by atoms with E-state index in [1.807, 2.05) is 82.3 Å². The number of carbonyl (C=O) groups is 1. The van der Waals surface area contributed by atoms with Crippen LogP contribution in [0.15, 0.2) is 78.9 Å². The number of benzene rings is 3. The first-order valence-electron chi connectivity index (χ1n) is 11.1. The second-order valence-corrected chi connectivity index (χ2v) is 8.49. The van der Waals surface area contributed by atoms with Crippen LogP contribution < -0.4 is 9.64 Å². The molecular weight excluding hydrogens is 436 g/mol. The highest BCUT2D eigenvalue weighted by atomic mass is 35.5. The van der Waals surface area contributed by atoms with Crippen molar-refractivity contribution in [1.82, 2.24) is 14.5 Å². The summed E-state index contributed by atoms with van der Waals surface area (Å²) in [6, 6.07) is 25.4. The van der Waals surface area contributed by atoms with E-state index in [1.165, 1.54) is 0 Å². The number of imidazole rings is 1. The first-order chi connectivity index (χ1) is 16.2. The highest BCUT2D eigenvalue weighted by Gasteiger charge is 2.23. The Morgan fingerprint density at radius 3 is 2.45 bits per heavy atom. The second-order valence-electron chi connectivity index (χ2n) is 8.05. The molecule has 6 nitrogen and oxygen atoms in total. The summed E-state index contributed by atoms with van der Waals surface area (Å²) in [5.74, 6) is 1.61. The van der Waals surface area contributed by atoms with Crippen LogP contribution in [-0.4, -0.2) is 46.5 Å². The number of ether oxygens (including phenoxy) is 1. The van der Waals surface area contributed by atoms with E-state index in [0.717, 1.165) is 46.4 Å². The first-order valence-corrected chi connectivity index (χ1v) is 11.5. The standard InChI is InChI=1S/C26H25ClN4O2/c27-20-7-6-8-21(17-20)29-13-15-30(16-14-29)26(32)18-31-24-12-5-4-11-23(24)28-25(31)19-33-22-9-2-1-3-10-22/h1-12,17H,13-16,18-19H2. The fourth-order valence-electron chi connectivity index (χ4n) is 4.20. The lowest BCUT2D eigenvalue weighted by atomic mass is 10.2. The molecule has 2 heterocycles. The van der Waals surface area contributed by atoms with Crippen LogP contribution in [0.25, 0.3) is 11.0 Å². The summed E-state index contributed by atoms with van der Waals surface area (Å²) >= 11 is 6.14. The molecule has 7 heteroatoms. The molecule has 0 bridgehead atoms. The Labute approximate surface area is 198 Å². The van der Waals surface area contributed by atoms with Gasteiger partial charge < -0.3 is 19.1 Å². The zero-order valence-electron chi connectivity index (χ0n) is 18.2. The monoisotopic (exact) mass is 460 g/mol. The van der Waals surface area contributed by atoms with Gasteiger partial charge in [-0.05, 0) is 42.5 Å². The number of anilines is 1. The van der Waals surface area contributed by atoms with Crippen LogP contribution in [-0.2, 0) is 17.9 Å². The van der Waals surface area contributed by atoms with E-state index in [0.29, 0.717) is 19.7 Å². The SMILES string of the molecule is O=C(Cn1c(COc2ccccc2)nc2ccccc21)N1CCN(c2cccc(Cl)c2)CC1. The smallest absolute Gasteiger partial charge is 0.242 e. The van der Waals surface area contributed by atoms with Gasteiger partial charge in [-0.25, -0.2) is 4.98 Å². The van der Waals surface area contributed by atoms with E-state index < -0.39 is 0 Å². The molecule has 4 aromatic rings. The van der Waals surface area contributed by atoms with E-state index in [-0.39, 0.29) is 12.5 Å². The van der Waals surface area contributed by atoms with Gasteiger partial charge in [0.05, 0.1) is 11.0 Å². The fourth-order valence-corrected chi connectivity index (χ4v) is 4.38. The molecule has 0 aliphatic carbocycles. The minimum atomic E-state index is 0.0878. The van der Waals surface area contributed by atoms with Gasteiger partial charge in [0.1, 0.15) is 24.7 Å². The van der Waals surface area contributed by atoms with Gasteiger partial charge in [0.15, 0.2) is 0 Å². The van der Waals surface area contributed by atoms with Gasteiger partial charge in [-0.2, -0.15) is 0 Å². The van der Waals surface area contributed by atoms with Crippen molar-refractivity contribution in [1.29, 1.82) is 0 Å². The van der Waals surface area contributed by atoms with Gasteiger partial charge in [-0.3, -0.25) is 4.79 Å². The summed E-state index contributed by atoms with van der Waals surface area (Å²) in [5.41, 5.74) is 2.90. The summed E-state index contributed by atoms with van der Waals surface area (Å²) in [6.45, 7) is 3.45. The molecule has 1 aromatic heterocycles. The van der Waals surface area contributed by atoms with Crippen LogP contribution >= 0.6 is 11.6 Å². The Kier molecular flexibility index (Phi) is 6.17. The maximum Gasteiger partial charge on any atom is 0.242 e. The number of hydrogen-bond donors (Lipinski definition) is 0.